The second-order valence-electron chi connectivity index (χ2n) is 4.71. The zero-order chi connectivity index (χ0) is 16.8. The number of methoxy groups -OCH3 is 1. The third-order valence-electron chi connectivity index (χ3n) is 3.12. The van der Waals surface area contributed by atoms with E-state index in [0.29, 0.717) is 23.7 Å². The average Bonchev–Trinajstić information content (AvgIpc) is 2.55. The summed E-state index contributed by atoms with van der Waals surface area (Å²) in [6.07, 6.45) is 3.19. The number of rotatable bonds is 6. The lowest BCUT2D eigenvalue weighted by Crippen LogP contribution is -1.97. The van der Waals surface area contributed by atoms with E-state index in [1.165, 1.54) is 18.2 Å². The molecule has 0 atom stereocenters. The number of carbonyl (C=O) groups excluding carboxylic acids is 1. The molecule has 0 aliphatic heterocycles. The van der Waals surface area contributed by atoms with E-state index in [2.05, 4.69) is 15.9 Å². The van der Waals surface area contributed by atoms with Crippen LogP contribution in [0.4, 0.5) is 0 Å². The van der Waals surface area contributed by atoms with E-state index in [0.717, 1.165) is 10.0 Å². The monoisotopic (exact) mass is 376 g/mol. The highest BCUT2D eigenvalue weighted by Crippen LogP contribution is 2.37. The number of carbonyl (C=O) groups is 1. The minimum absolute atomic E-state index is 0.130. The number of hydrogen-bond donors (Lipinski definition) is 1. The standard InChI is InChI=1S/C18H17BrO4/c1-3-23-18-15(19)10-12(11-17(18)22-2)4-9-16(21)13-5-7-14(20)8-6-13/h4-11,20H,3H2,1-2H3. The highest BCUT2D eigenvalue weighted by atomic mass is 79.9. The van der Waals surface area contributed by atoms with Gasteiger partial charge in [-0.05, 0) is 70.9 Å². The lowest BCUT2D eigenvalue weighted by Gasteiger charge is -2.12. The molecule has 0 aliphatic rings. The lowest BCUT2D eigenvalue weighted by molar-refractivity contribution is 0.104. The fourth-order valence-electron chi connectivity index (χ4n) is 2.01. The Morgan fingerprint density at radius 1 is 1.26 bits per heavy atom. The minimum Gasteiger partial charge on any atom is -0.508 e. The molecule has 0 unspecified atom stereocenters. The Kier molecular flexibility index (Phi) is 5.82. The Morgan fingerprint density at radius 3 is 2.57 bits per heavy atom. The Labute approximate surface area is 143 Å². The van der Waals surface area contributed by atoms with E-state index in [4.69, 9.17) is 9.47 Å². The van der Waals surface area contributed by atoms with Crippen molar-refractivity contribution in [2.75, 3.05) is 13.7 Å². The summed E-state index contributed by atoms with van der Waals surface area (Å²) in [6, 6.07) is 9.78. The number of phenolic OH excluding ortho intramolecular Hbond substituents is 1. The van der Waals surface area contributed by atoms with Crippen LogP contribution in [0, 0.1) is 0 Å². The molecule has 4 nitrogen and oxygen atoms in total. The Balaban J connectivity index is 2.23. The Morgan fingerprint density at radius 2 is 1.96 bits per heavy atom. The van der Waals surface area contributed by atoms with E-state index in [-0.39, 0.29) is 11.5 Å². The zero-order valence-electron chi connectivity index (χ0n) is 12.9. The van der Waals surface area contributed by atoms with Crippen LogP contribution in [0.15, 0.2) is 46.9 Å². The van der Waals surface area contributed by atoms with Gasteiger partial charge in [0.15, 0.2) is 17.3 Å². The first-order chi connectivity index (χ1) is 11.0. The molecule has 0 heterocycles. The van der Waals surface area contributed by atoms with Gasteiger partial charge in [-0.3, -0.25) is 4.79 Å². The van der Waals surface area contributed by atoms with Crippen LogP contribution in [0.2, 0.25) is 0 Å². The van der Waals surface area contributed by atoms with Gasteiger partial charge in [0.2, 0.25) is 0 Å². The van der Waals surface area contributed by atoms with Crippen LogP contribution in [0.5, 0.6) is 17.2 Å². The van der Waals surface area contributed by atoms with Gasteiger partial charge < -0.3 is 14.6 Å². The number of allylic oxidation sites excluding steroid dienone is 1. The van der Waals surface area contributed by atoms with Gasteiger partial charge in [-0.2, -0.15) is 0 Å². The Hall–Kier alpha value is -2.27. The van der Waals surface area contributed by atoms with Crippen LogP contribution in [0.25, 0.3) is 6.08 Å². The summed E-state index contributed by atoms with van der Waals surface area (Å²) >= 11 is 3.45. The molecule has 2 aromatic rings. The van der Waals surface area contributed by atoms with Crippen molar-refractivity contribution in [2.24, 2.45) is 0 Å². The highest BCUT2D eigenvalue weighted by molar-refractivity contribution is 9.10. The van der Waals surface area contributed by atoms with E-state index in [1.807, 2.05) is 13.0 Å². The first-order valence-corrected chi connectivity index (χ1v) is 7.86. The van der Waals surface area contributed by atoms with Crippen LogP contribution in [0.3, 0.4) is 0 Å². The number of hydrogen-bond acceptors (Lipinski definition) is 4. The number of ketones is 1. The van der Waals surface area contributed by atoms with Crippen LogP contribution in [-0.4, -0.2) is 24.6 Å². The van der Waals surface area contributed by atoms with Crippen molar-refractivity contribution >= 4 is 27.8 Å². The maximum atomic E-state index is 12.1. The van der Waals surface area contributed by atoms with Gasteiger partial charge in [-0.1, -0.05) is 6.08 Å². The zero-order valence-corrected chi connectivity index (χ0v) is 14.5. The fraction of sp³-hybridized carbons (Fsp3) is 0.167. The van der Waals surface area contributed by atoms with Gasteiger partial charge in [-0.15, -0.1) is 0 Å². The van der Waals surface area contributed by atoms with Crippen molar-refractivity contribution in [1.29, 1.82) is 0 Å². The SMILES string of the molecule is CCOc1c(Br)cc(C=CC(=O)c2ccc(O)cc2)cc1OC. The maximum Gasteiger partial charge on any atom is 0.185 e. The maximum absolute atomic E-state index is 12.1. The number of ether oxygens (including phenoxy) is 2. The van der Waals surface area contributed by atoms with Crippen molar-refractivity contribution in [3.63, 3.8) is 0 Å². The van der Waals surface area contributed by atoms with Gasteiger partial charge in [-0.25, -0.2) is 0 Å². The van der Waals surface area contributed by atoms with E-state index < -0.39 is 0 Å². The molecular weight excluding hydrogens is 360 g/mol. The van der Waals surface area contributed by atoms with Crippen LogP contribution in [0.1, 0.15) is 22.8 Å². The third kappa shape index (κ3) is 4.36. The van der Waals surface area contributed by atoms with Crippen molar-refractivity contribution in [1.82, 2.24) is 0 Å². The first kappa shape index (κ1) is 17.1. The summed E-state index contributed by atoms with van der Waals surface area (Å²) < 4.78 is 11.6. The summed E-state index contributed by atoms with van der Waals surface area (Å²) in [6.45, 7) is 2.43. The minimum atomic E-state index is -0.144. The molecule has 2 rings (SSSR count). The normalized spacial score (nSPS) is 10.7. The second kappa shape index (κ2) is 7.83. The summed E-state index contributed by atoms with van der Waals surface area (Å²) in [4.78, 5) is 12.1. The molecule has 0 aliphatic carbocycles. The van der Waals surface area contributed by atoms with Crippen LogP contribution in [-0.2, 0) is 0 Å². The Bertz CT molecular complexity index is 721. The molecule has 1 N–H and O–H groups in total. The number of benzene rings is 2. The van der Waals surface area contributed by atoms with Gasteiger partial charge in [0.1, 0.15) is 5.75 Å². The molecule has 0 fully saturated rings. The molecule has 0 bridgehead atoms. The summed E-state index contributed by atoms with van der Waals surface area (Å²) in [5.41, 5.74) is 1.32. The number of phenols is 1. The van der Waals surface area contributed by atoms with Crippen molar-refractivity contribution in [2.45, 2.75) is 6.92 Å². The predicted molar refractivity (Wildman–Crippen MR) is 93.3 cm³/mol. The van der Waals surface area contributed by atoms with Crippen LogP contribution < -0.4 is 9.47 Å². The molecule has 0 aromatic heterocycles. The summed E-state index contributed by atoms with van der Waals surface area (Å²) in [5, 5.41) is 9.24. The number of aromatic hydroxyl groups is 1. The molecule has 120 valence electrons. The highest BCUT2D eigenvalue weighted by Gasteiger charge is 2.10. The van der Waals surface area contributed by atoms with Gasteiger partial charge in [0.05, 0.1) is 18.2 Å². The first-order valence-electron chi connectivity index (χ1n) is 7.07. The second-order valence-corrected chi connectivity index (χ2v) is 5.57. The molecule has 0 radical (unpaired) electrons. The summed E-state index contributed by atoms with van der Waals surface area (Å²) in [7, 11) is 1.57. The molecular formula is C18H17BrO4. The molecule has 5 heteroatoms. The van der Waals surface area contributed by atoms with Gasteiger partial charge in [0, 0.05) is 5.56 Å². The quantitative estimate of drug-likeness (QED) is 0.597. The molecule has 0 amide bonds. The molecule has 0 spiro atoms. The molecule has 0 saturated heterocycles. The van der Waals surface area contributed by atoms with Crippen molar-refractivity contribution < 1.29 is 19.4 Å². The van der Waals surface area contributed by atoms with E-state index in [1.54, 1.807) is 31.4 Å². The largest absolute Gasteiger partial charge is 0.508 e. The third-order valence-corrected chi connectivity index (χ3v) is 3.71. The van der Waals surface area contributed by atoms with Crippen molar-refractivity contribution in [3.8, 4) is 17.2 Å². The smallest absolute Gasteiger partial charge is 0.185 e. The average molecular weight is 377 g/mol. The topological polar surface area (TPSA) is 55.8 Å². The van der Waals surface area contributed by atoms with E-state index in [9.17, 15) is 9.90 Å². The van der Waals surface area contributed by atoms with Gasteiger partial charge >= 0.3 is 0 Å². The molecule has 2 aromatic carbocycles. The van der Waals surface area contributed by atoms with E-state index >= 15 is 0 Å². The van der Waals surface area contributed by atoms with Gasteiger partial charge in [0.25, 0.3) is 0 Å². The van der Waals surface area contributed by atoms with Crippen LogP contribution >= 0.6 is 15.9 Å². The fourth-order valence-corrected chi connectivity index (χ4v) is 2.59. The number of halogens is 1. The van der Waals surface area contributed by atoms with Crippen molar-refractivity contribution in [3.05, 3.63) is 58.1 Å². The predicted octanol–water partition coefficient (Wildman–Crippen LogP) is 4.46. The molecule has 23 heavy (non-hydrogen) atoms. The lowest BCUT2D eigenvalue weighted by atomic mass is 10.1. The molecule has 0 saturated carbocycles. The summed E-state index contributed by atoms with van der Waals surface area (Å²) in [5.74, 6) is 1.22.